The van der Waals surface area contributed by atoms with Gasteiger partial charge >= 0.3 is 0 Å². The summed E-state index contributed by atoms with van der Waals surface area (Å²) in [5.74, 6) is 0.461. The zero-order valence-electron chi connectivity index (χ0n) is 13.0. The number of hydrogen-bond donors (Lipinski definition) is 0. The second kappa shape index (κ2) is 6.04. The van der Waals surface area contributed by atoms with Crippen LogP contribution in [-0.2, 0) is 12.8 Å². The van der Waals surface area contributed by atoms with Crippen molar-refractivity contribution in [1.82, 2.24) is 0 Å². The monoisotopic (exact) mass is 298 g/mol. The molecule has 0 heterocycles. The van der Waals surface area contributed by atoms with Gasteiger partial charge in [0.1, 0.15) is 11.6 Å². The average molecular weight is 298 g/mol. The van der Waals surface area contributed by atoms with Gasteiger partial charge in [-0.25, -0.2) is 8.78 Å². The van der Waals surface area contributed by atoms with Crippen LogP contribution in [0.2, 0.25) is 0 Å². The summed E-state index contributed by atoms with van der Waals surface area (Å²) in [6, 6.07) is 10.6. The first kappa shape index (κ1) is 15.0. The van der Waals surface area contributed by atoms with E-state index in [0.29, 0.717) is 5.92 Å². The lowest BCUT2D eigenvalue weighted by Gasteiger charge is -2.02. The van der Waals surface area contributed by atoms with Gasteiger partial charge in [-0.05, 0) is 72.1 Å². The molecule has 0 saturated heterocycles. The Bertz CT molecular complexity index is 716. The number of halogens is 2. The minimum absolute atomic E-state index is 0.0214. The average Bonchev–Trinajstić information content (AvgIpc) is 3.07. The Morgan fingerprint density at radius 3 is 2.32 bits per heavy atom. The minimum atomic E-state index is -0.0735. The van der Waals surface area contributed by atoms with E-state index >= 15 is 0 Å². The molecule has 2 aliphatic carbocycles. The predicted octanol–water partition coefficient (Wildman–Crippen LogP) is 5.66. The summed E-state index contributed by atoms with van der Waals surface area (Å²) in [6.07, 6.45) is 4.85. The van der Waals surface area contributed by atoms with E-state index < -0.39 is 0 Å². The summed E-state index contributed by atoms with van der Waals surface area (Å²) in [5.41, 5.74) is 5.28. The molecule has 0 bridgehead atoms. The number of hydrogen-bond acceptors (Lipinski definition) is 0. The van der Waals surface area contributed by atoms with Crippen molar-refractivity contribution in [3.8, 4) is 0 Å². The molecule has 0 aliphatic heterocycles. The van der Waals surface area contributed by atoms with Crippen molar-refractivity contribution >= 4 is 5.57 Å². The van der Waals surface area contributed by atoms with Gasteiger partial charge in [0.2, 0.25) is 0 Å². The zero-order valence-corrected chi connectivity index (χ0v) is 13.0. The van der Waals surface area contributed by atoms with Crippen LogP contribution in [0.4, 0.5) is 8.78 Å². The second-order valence-corrected chi connectivity index (χ2v) is 6.10. The van der Waals surface area contributed by atoms with Crippen LogP contribution in [0.25, 0.3) is 5.57 Å². The number of fused-ring (bicyclic) bond motifs is 2. The van der Waals surface area contributed by atoms with Crippen molar-refractivity contribution in [2.75, 3.05) is 0 Å². The smallest absolute Gasteiger partial charge is 0.127 e. The molecular weight excluding hydrogens is 278 g/mol. The van der Waals surface area contributed by atoms with Crippen LogP contribution >= 0.6 is 0 Å². The van der Waals surface area contributed by atoms with Gasteiger partial charge in [0.05, 0.1) is 0 Å². The Labute approximate surface area is 130 Å². The molecule has 2 heteroatoms. The molecule has 0 fully saturated rings. The highest BCUT2D eigenvalue weighted by atomic mass is 19.1. The Kier molecular flexibility index (Phi) is 4.10. The summed E-state index contributed by atoms with van der Waals surface area (Å²) >= 11 is 0. The lowest BCUT2D eigenvalue weighted by Crippen LogP contribution is -1.88. The molecule has 2 aliphatic rings. The van der Waals surface area contributed by atoms with E-state index in [0.717, 1.165) is 36.0 Å². The fourth-order valence-corrected chi connectivity index (χ4v) is 3.32. The third kappa shape index (κ3) is 2.70. The fraction of sp³-hybridized carbons (Fsp3) is 0.300. The Hall–Kier alpha value is -1.96. The fourth-order valence-electron chi connectivity index (χ4n) is 3.32. The van der Waals surface area contributed by atoms with Crippen molar-refractivity contribution in [2.45, 2.75) is 39.0 Å². The molecule has 114 valence electrons. The van der Waals surface area contributed by atoms with Gasteiger partial charge in [-0.2, -0.15) is 0 Å². The van der Waals surface area contributed by atoms with E-state index in [4.69, 9.17) is 0 Å². The van der Waals surface area contributed by atoms with Crippen LogP contribution < -0.4 is 0 Å². The highest BCUT2D eigenvalue weighted by Gasteiger charge is 2.20. The van der Waals surface area contributed by atoms with E-state index in [1.165, 1.54) is 17.2 Å². The highest BCUT2D eigenvalue weighted by molar-refractivity contribution is 5.71. The lowest BCUT2D eigenvalue weighted by atomic mass is 10.0. The van der Waals surface area contributed by atoms with E-state index in [2.05, 4.69) is 13.0 Å². The Morgan fingerprint density at radius 1 is 0.955 bits per heavy atom. The molecule has 0 radical (unpaired) electrons. The molecule has 0 N–H and O–H groups in total. The second-order valence-electron chi connectivity index (χ2n) is 6.10. The van der Waals surface area contributed by atoms with Crippen LogP contribution in [0.15, 0.2) is 42.5 Å². The molecule has 0 spiro atoms. The van der Waals surface area contributed by atoms with Gasteiger partial charge in [-0.3, -0.25) is 0 Å². The molecule has 22 heavy (non-hydrogen) atoms. The number of allylic oxidation sites excluding steroid dienone is 2. The normalized spacial score (nSPS) is 18.2. The quantitative estimate of drug-likeness (QED) is 0.588. The van der Waals surface area contributed by atoms with Gasteiger partial charge in [0.15, 0.2) is 0 Å². The van der Waals surface area contributed by atoms with Crippen molar-refractivity contribution < 1.29 is 8.78 Å². The maximum Gasteiger partial charge on any atom is 0.127 e. The molecule has 0 nitrogen and oxygen atoms in total. The van der Waals surface area contributed by atoms with Gasteiger partial charge in [-0.15, -0.1) is 0 Å². The van der Waals surface area contributed by atoms with Crippen LogP contribution in [-0.4, -0.2) is 0 Å². The predicted molar refractivity (Wildman–Crippen MR) is 86.9 cm³/mol. The number of benzene rings is 2. The maximum atomic E-state index is 13.1. The molecule has 2 aromatic rings. The van der Waals surface area contributed by atoms with E-state index in [9.17, 15) is 8.78 Å². The molecule has 4 rings (SSSR count). The summed E-state index contributed by atoms with van der Waals surface area (Å²) < 4.78 is 26.1. The summed E-state index contributed by atoms with van der Waals surface area (Å²) in [6.45, 7) is 4.18. The van der Waals surface area contributed by atoms with Gasteiger partial charge in [-0.1, -0.05) is 37.3 Å². The van der Waals surface area contributed by atoms with E-state index in [-0.39, 0.29) is 11.6 Å². The van der Waals surface area contributed by atoms with Crippen molar-refractivity contribution in [3.63, 3.8) is 0 Å². The van der Waals surface area contributed by atoms with Gasteiger partial charge in [0, 0.05) is 0 Å². The lowest BCUT2D eigenvalue weighted by molar-refractivity contribution is 0.612. The van der Waals surface area contributed by atoms with Crippen molar-refractivity contribution in [3.05, 3.63) is 76.4 Å². The molecule has 1 unspecified atom stereocenters. The van der Waals surface area contributed by atoms with E-state index in [1.807, 2.05) is 19.1 Å². The van der Waals surface area contributed by atoms with E-state index in [1.54, 1.807) is 18.2 Å². The highest BCUT2D eigenvalue weighted by Crippen LogP contribution is 2.33. The van der Waals surface area contributed by atoms with Crippen molar-refractivity contribution in [1.29, 1.82) is 0 Å². The van der Waals surface area contributed by atoms with Crippen molar-refractivity contribution in [2.24, 2.45) is 0 Å². The zero-order chi connectivity index (χ0) is 15.7. The summed E-state index contributed by atoms with van der Waals surface area (Å²) in [4.78, 5) is 0. The third-order valence-corrected chi connectivity index (χ3v) is 4.67. The topological polar surface area (TPSA) is 0 Å². The third-order valence-electron chi connectivity index (χ3n) is 4.67. The molecule has 0 saturated carbocycles. The molecule has 0 aromatic heterocycles. The van der Waals surface area contributed by atoms with Gasteiger partial charge < -0.3 is 0 Å². The maximum absolute atomic E-state index is 13.1. The van der Waals surface area contributed by atoms with Crippen LogP contribution in [0.3, 0.4) is 0 Å². The SMILES string of the molecule is CC1=CCc2c(F)cccc21.CC1CCc2c(F)cccc21. The standard InChI is InChI=1S/C10H11F.C10H9F/c2*1-7-5-6-9-8(7)3-2-4-10(9)11/h2-4,7H,5-6H2,1H3;2-5H,6H2,1H3. The summed E-state index contributed by atoms with van der Waals surface area (Å²) in [7, 11) is 0. The molecule has 2 aromatic carbocycles. The first-order valence-electron chi connectivity index (χ1n) is 7.79. The molecule has 1 atom stereocenters. The number of rotatable bonds is 0. The Balaban J connectivity index is 0.000000131. The first-order valence-corrected chi connectivity index (χ1v) is 7.79. The minimum Gasteiger partial charge on any atom is -0.207 e. The summed E-state index contributed by atoms with van der Waals surface area (Å²) in [5, 5.41) is 0. The first-order chi connectivity index (χ1) is 10.6. The van der Waals surface area contributed by atoms with Crippen LogP contribution in [0.1, 0.15) is 48.4 Å². The van der Waals surface area contributed by atoms with Crippen LogP contribution in [0, 0.1) is 11.6 Å². The Morgan fingerprint density at radius 2 is 1.64 bits per heavy atom. The largest absolute Gasteiger partial charge is 0.207 e. The molecule has 0 amide bonds. The van der Waals surface area contributed by atoms with Crippen LogP contribution in [0.5, 0.6) is 0 Å². The molecular formula is C20H20F2. The van der Waals surface area contributed by atoms with Gasteiger partial charge in [0.25, 0.3) is 0 Å².